The van der Waals surface area contributed by atoms with Crippen LogP contribution in [-0.4, -0.2) is 91.8 Å². The molecular formula is C22H33N5O7S2. The van der Waals surface area contributed by atoms with Gasteiger partial charge in [0.2, 0.25) is 15.9 Å². The number of likely N-dealkylation sites (N-methyl/N-ethyl adjacent to an activating group) is 1. The predicted octanol–water partition coefficient (Wildman–Crippen LogP) is 0.261. The number of anilines is 1. The van der Waals surface area contributed by atoms with Gasteiger partial charge < -0.3 is 19.3 Å². The van der Waals surface area contributed by atoms with Crippen LogP contribution < -0.4 is 9.46 Å². The first-order valence-electron chi connectivity index (χ1n) is 11.3. The Morgan fingerprint density at radius 3 is 2.58 bits per heavy atom. The standard InChI is InChI=1S/C22H33N5O7S2/c1-15-10-27(16(2)13-28)22(29)9-17-8-18(24-36(32,33)21-12-25(3)14-23-21)6-7-19(17)34-20(15)11-26(4)35(5,30)31/h6-8,12,14-16,20,24,28H,9-11,13H2,1-5H3/t15-,16-,20+/m1/s1. The minimum absolute atomic E-state index is 0.0447. The molecule has 0 unspecified atom stereocenters. The highest BCUT2D eigenvalue weighted by atomic mass is 32.2. The first-order chi connectivity index (χ1) is 16.7. The number of aliphatic hydroxyl groups excluding tert-OH is 1. The minimum Gasteiger partial charge on any atom is -0.488 e. The SMILES string of the molecule is C[C@@H]1CN([C@H](C)CO)C(=O)Cc2cc(NS(=O)(=O)c3cn(C)cn3)ccc2O[C@H]1CN(C)S(C)(=O)=O. The van der Waals surface area contributed by atoms with Gasteiger partial charge in [-0.05, 0) is 25.1 Å². The number of aromatic nitrogens is 2. The second-order valence-electron chi connectivity index (χ2n) is 9.24. The van der Waals surface area contributed by atoms with Crippen LogP contribution >= 0.6 is 0 Å². The van der Waals surface area contributed by atoms with Crippen molar-refractivity contribution >= 4 is 31.6 Å². The number of nitrogens with zero attached hydrogens (tertiary/aromatic N) is 4. The van der Waals surface area contributed by atoms with Crippen LogP contribution in [0, 0.1) is 5.92 Å². The molecule has 1 aromatic heterocycles. The molecule has 1 aliphatic rings. The number of aliphatic hydroxyl groups is 1. The molecule has 3 rings (SSSR count). The lowest BCUT2D eigenvalue weighted by Gasteiger charge is -2.33. The van der Waals surface area contributed by atoms with Crippen LogP contribution in [0.5, 0.6) is 5.75 Å². The number of hydrogen-bond donors (Lipinski definition) is 2. The van der Waals surface area contributed by atoms with Crippen molar-refractivity contribution in [1.82, 2.24) is 18.8 Å². The van der Waals surface area contributed by atoms with Crippen LogP contribution in [-0.2, 0) is 38.3 Å². The van der Waals surface area contributed by atoms with Gasteiger partial charge in [-0.3, -0.25) is 9.52 Å². The van der Waals surface area contributed by atoms with Gasteiger partial charge in [0.15, 0.2) is 5.03 Å². The molecule has 36 heavy (non-hydrogen) atoms. The van der Waals surface area contributed by atoms with Crippen LogP contribution in [0.3, 0.4) is 0 Å². The molecule has 0 spiro atoms. The van der Waals surface area contributed by atoms with Gasteiger partial charge in [0.1, 0.15) is 11.9 Å². The fraction of sp³-hybridized carbons (Fsp3) is 0.545. The number of carbonyl (C=O) groups excluding carboxylic acids is 1. The molecule has 0 saturated carbocycles. The van der Waals surface area contributed by atoms with E-state index in [1.54, 1.807) is 24.9 Å². The van der Waals surface area contributed by atoms with Crippen molar-refractivity contribution in [1.29, 1.82) is 0 Å². The van der Waals surface area contributed by atoms with E-state index in [0.29, 0.717) is 11.3 Å². The van der Waals surface area contributed by atoms with Crippen molar-refractivity contribution in [3.63, 3.8) is 0 Å². The Balaban J connectivity index is 2.00. The van der Waals surface area contributed by atoms with E-state index in [-0.39, 0.29) is 48.7 Å². The molecule has 1 aromatic carbocycles. The summed E-state index contributed by atoms with van der Waals surface area (Å²) in [4.78, 5) is 18.7. The summed E-state index contributed by atoms with van der Waals surface area (Å²) in [5.74, 6) is -0.197. The van der Waals surface area contributed by atoms with Gasteiger partial charge in [0.25, 0.3) is 10.0 Å². The number of amides is 1. The van der Waals surface area contributed by atoms with E-state index in [1.165, 1.54) is 40.6 Å². The molecule has 0 aliphatic carbocycles. The maximum atomic E-state index is 13.2. The maximum Gasteiger partial charge on any atom is 0.280 e. The molecule has 2 N–H and O–H groups in total. The van der Waals surface area contributed by atoms with Gasteiger partial charge in [-0.2, -0.15) is 8.42 Å². The third-order valence-electron chi connectivity index (χ3n) is 6.13. The summed E-state index contributed by atoms with van der Waals surface area (Å²) in [7, 11) is -4.34. The molecule has 14 heteroatoms. The number of carbonyl (C=O) groups is 1. The summed E-state index contributed by atoms with van der Waals surface area (Å²) in [6, 6.07) is 4.12. The number of sulfonamides is 2. The van der Waals surface area contributed by atoms with Crippen LogP contribution in [0.25, 0.3) is 0 Å². The Bertz CT molecular complexity index is 1310. The smallest absolute Gasteiger partial charge is 0.280 e. The Labute approximate surface area is 212 Å². The average Bonchev–Trinajstić information content (AvgIpc) is 3.24. The van der Waals surface area contributed by atoms with E-state index in [9.17, 15) is 26.7 Å². The lowest BCUT2D eigenvalue weighted by Crippen LogP contribution is -2.48. The van der Waals surface area contributed by atoms with Crippen molar-refractivity contribution in [2.75, 3.05) is 37.7 Å². The maximum absolute atomic E-state index is 13.2. The minimum atomic E-state index is -3.96. The summed E-state index contributed by atoms with van der Waals surface area (Å²) in [6.07, 6.45) is 3.13. The van der Waals surface area contributed by atoms with Gasteiger partial charge in [0.05, 0.1) is 38.2 Å². The van der Waals surface area contributed by atoms with Crippen molar-refractivity contribution in [3.8, 4) is 5.75 Å². The lowest BCUT2D eigenvalue weighted by molar-refractivity contribution is -0.134. The number of rotatable bonds is 8. The molecule has 12 nitrogen and oxygen atoms in total. The molecule has 2 aromatic rings. The quantitative estimate of drug-likeness (QED) is 0.481. The molecule has 2 heterocycles. The third kappa shape index (κ3) is 6.55. The Morgan fingerprint density at radius 1 is 1.31 bits per heavy atom. The summed E-state index contributed by atoms with van der Waals surface area (Å²) in [5.41, 5.74) is 0.645. The molecule has 1 aliphatic heterocycles. The number of hydrogen-bond acceptors (Lipinski definition) is 8. The monoisotopic (exact) mass is 543 g/mol. The largest absolute Gasteiger partial charge is 0.488 e. The fourth-order valence-electron chi connectivity index (χ4n) is 3.83. The predicted molar refractivity (Wildman–Crippen MR) is 133 cm³/mol. The van der Waals surface area contributed by atoms with Gasteiger partial charge in [-0.25, -0.2) is 17.7 Å². The summed E-state index contributed by atoms with van der Waals surface area (Å²) in [5, 5.41) is 9.57. The number of benzene rings is 1. The third-order valence-corrected chi connectivity index (χ3v) is 8.68. The number of imidazole rings is 1. The first-order valence-corrected chi connectivity index (χ1v) is 14.7. The number of nitrogens with one attached hydrogen (secondary N) is 1. The van der Waals surface area contributed by atoms with Crippen molar-refractivity contribution in [3.05, 3.63) is 36.3 Å². The molecule has 0 bridgehead atoms. The van der Waals surface area contributed by atoms with E-state index in [1.807, 2.05) is 6.92 Å². The Kier molecular flexibility index (Phi) is 8.33. The van der Waals surface area contributed by atoms with Crippen LogP contribution in [0.4, 0.5) is 5.69 Å². The Morgan fingerprint density at radius 2 is 2.00 bits per heavy atom. The number of aryl methyl sites for hydroxylation is 1. The molecule has 0 saturated heterocycles. The van der Waals surface area contributed by atoms with Gasteiger partial charge in [0, 0.05) is 44.0 Å². The molecule has 0 radical (unpaired) electrons. The van der Waals surface area contributed by atoms with E-state index < -0.39 is 32.2 Å². The zero-order valence-electron chi connectivity index (χ0n) is 20.9. The van der Waals surface area contributed by atoms with E-state index in [0.717, 1.165) is 6.26 Å². The molecule has 1 amide bonds. The number of fused-ring (bicyclic) bond motifs is 1. The summed E-state index contributed by atoms with van der Waals surface area (Å²) in [6.45, 7) is 3.62. The van der Waals surface area contributed by atoms with Crippen molar-refractivity contribution in [2.24, 2.45) is 13.0 Å². The van der Waals surface area contributed by atoms with Crippen LogP contribution in [0.15, 0.2) is 35.7 Å². The lowest BCUT2D eigenvalue weighted by atomic mass is 10.0. The van der Waals surface area contributed by atoms with Crippen molar-refractivity contribution < 1.29 is 31.5 Å². The average molecular weight is 544 g/mol. The fourth-order valence-corrected chi connectivity index (χ4v) is 5.29. The molecule has 200 valence electrons. The highest BCUT2D eigenvalue weighted by Crippen LogP contribution is 2.30. The van der Waals surface area contributed by atoms with Gasteiger partial charge >= 0.3 is 0 Å². The topological polar surface area (TPSA) is 151 Å². The summed E-state index contributed by atoms with van der Waals surface area (Å²) < 4.78 is 61.0. The van der Waals surface area contributed by atoms with Gasteiger partial charge in [-0.1, -0.05) is 6.92 Å². The zero-order valence-corrected chi connectivity index (χ0v) is 22.6. The van der Waals surface area contributed by atoms with Crippen LogP contribution in [0.1, 0.15) is 19.4 Å². The number of ether oxygens (including phenoxy) is 1. The highest BCUT2D eigenvalue weighted by molar-refractivity contribution is 7.92. The summed E-state index contributed by atoms with van der Waals surface area (Å²) >= 11 is 0. The van der Waals surface area contributed by atoms with Gasteiger partial charge in [-0.15, -0.1) is 0 Å². The molecular weight excluding hydrogens is 510 g/mol. The Hall–Kier alpha value is -2.68. The highest BCUT2D eigenvalue weighted by Gasteiger charge is 2.32. The first kappa shape index (κ1) is 27.9. The van der Waals surface area contributed by atoms with E-state index in [2.05, 4.69) is 9.71 Å². The normalized spacial score (nSPS) is 20.2. The zero-order chi connectivity index (χ0) is 26.8. The van der Waals surface area contributed by atoms with Crippen LogP contribution in [0.2, 0.25) is 0 Å². The molecule has 3 atom stereocenters. The molecule has 0 fully saturated rings. The van der Waals surface area contributed by atoms with E-state index in [4.69, 9.17) is 4.74 Å². The van der Waals surface area contributed by atoms with Crippen molar-refractivity contribution in [2.45, 2.75) is 37.4 Å². The van der Waals surface area contributed by atoms with E-state index >= 15 is 0 Å². The second-order valence-corrected chi connectivity index (χ2v) is 13.0. The second kappa shape index (κ2) is 10.7.